The summed E-state index contributed by atoms with van der Waals surface area (Å²) in [6, 6.07) is 0. The second-order valence-corrected chi connectivity index (χ2v) is 5.89. The van der Waals surface area contributed by atoms with Crippen LogP contribution in [0, 0.1) is 10.1 Å². The molecule has 1 fully saturated rings. The molecule has 0 N–H and O–H groups in total. The van der Waals surface area contributed by atoms with Gasteiger partial charge in [0.15, 0.2) is 0 Å². The zero-order valence-electron chi connectivity index (χ0n) is 11.8. The first-order valence-electron chi connectivity index (χ1n) is 6.49. The first-order valence-corrected chi connectivity index (χ1v) is 7.31. The summed E-state index contributed by atoms with van der Waals surface area (Å²) in [4.78, 5) is 18.9. The van der Waals surface area contributed by atoms with Crippen LogP contribution in [0.3, 0.4) is 0 Å². The Morgan fingerprint density at radius 1 is 1.24 bits per heavy atom. The quantitative estimate of drug-likeness (QED) is 0.605. The molecule has 3 rings (SSSR count). The van der Waals surface area contributed by atoms with Crippen LogP contribution in [0.5, 0.6) is 0 Å². The number of hydrogen-bond acceptors (Lipinski definition) is 8. The van der Waals surface area contributed by atoms with Gasteiger partial charge in [0.05, 0.1) is 7.05 Å². The van der Waals surface area contributed by atoms with E-state index in [-0.39, 0.29) is 5.82 Å². The molecular formula is C11H15N7O2S. The first-order chi connectivity index (χ1) is 10.1. The van der Waals surface area contributed by atoms with Gasteiger partial charge in [0.2, 0.25) is 10.1 Å². The molecule has 0 aromatic carbocycles. The zero-order chi connectivity index (χ0) is 15.0. The Hall–Kier alpha value is -2.07. The van der Waals surface area contributed by atoms with Gasteiger partial charge in [0.1, 0.15) is 6.20 Å². The minimum Gasteiger partial charge on any atom is -0.358 e. The summed E-state index contributed by atoms with van der Waals surface area (Å²) in [5.74, 6) is 0.418. The van der Waals surface area contributed by atoms with Crippen molar-refractivity contribution in [1.82, 2.24) is 24.6 Å². The maximum absolute atomic E-state index is 10.8. The molecule has 0 atom stereocenters. The van der Waals surface area contributed by atoms with E-state index in [1.165, 1.54) is 22.1 Å². The molecule has 112 valence electrons. The third-order valence-electron chi connectivity index (χ3n) is 3.53. The lowest BCUT2D eigenvalue weighted by Crippen LogP contribution is -2.44. The highest BCUT2D eigenvalue weighted by molar-refractivity contribution is 7.18. The van der Waals surface area contributed by atoms with Gasteiger partial charge in [-0.3, -0.25) is 0 Å². The molecule has 2 aromatic heterocycles. The summed E-state index contributed by atoms with van der Waals surface area (Å²) in [5, 5.41) is 20.6. The van der Waals surface area contributed by atoms with E-state index in [0.29, 0.717) is 10.8 Å². The van der Waals surface area contributed by atoms with E-state index in [1.54, 1.807) is 7.05 Å². The van der Waals surface area contributed by atoms with E-state index < -0.39 is 4.92 Å². The van der Waals surface area contributed by atoms with Crippen LogP contribution in [0.4, 0.5) is 10.9 Å². The van der Waals surface area contributed by atoms with Crippen molar-refractivity contribution in [3.05, 3.63) is 16.3 Å². The monoisotopic (exact) mass is 309 g/mol. The van der Waals surface area contributed by atoms with Crippen LogP contribution in [0.2, 0.25) is 0 Å². The second kappa shape index (κ2) is 5.37. The largest absolute Gasteiger partial charge is 0.358 e. The van der Waals surface area contributed by atoms with Crippen molar-refractivity contribution >= 4 is 22.3 Å². The summed E-state index contributed by atoms with van der Waals surface area (Å²) in [6.07, 6.45) is 1.24. The predicted octanol–water partition coefficient (Wildman–Crippen LogP) is 0.599. The lowest BCUT2D eigenvalue weighted by atomic mass is 10.3. The van der Waals surface area contributed by atoms with Crippen LogP contribution in [0.15, 0.2) is 6.20 Å². The highest BCUT2D eigenvalue weighted by Gasteiger charge is 2.24. The third kappa shape index (κ3) is 2.59. The SMILES string of the molecule is CN1CCN(c2nnc(-c3ncc([N+](=O)[O-])n3C)s2)CC1. The fraction of sp³-hybridized carbons (Fsp3) is 0.545. The zero-order valence-corrected chi connectivity index (χ0v) is 12.6. The molecule has 0 spiro atoms. The Morgan fingerprint density at radius 2 is 1.95 bits per heavy atom. The van der Waals surface area contributed by atoms with Gasteiger partial charge < -0.3 is 19.9 Å². The van der Waals surface area contributed by atoms with Crippen LogP contribution < -0.4 is 4.90 Å². The fourth-order valence-electron chi connectivity index (χ4n) is 2.20. The molecule has 1 aliphatic heterocycles. The molecule has 0 radical (unpaired) electrons. The van der Waals surface area contributed by atoms with Crippen molar-refractivity contribution < 1.29 is 4.92 Å². The predicted molar refractivity (Wildman–Crippen MR) is 78.5 cm³/mol. The van der Waals surface area contributed by atoms with Gasteiger partial charge in [-0.25, -0.2) is 9.55 Å². The molecule has 3 heterocycles. The molecular weight excluding hydrogens is 294 g/mol. The summed E-state index contributed by atoms with van der Waals surface area (Å²) in [6.45, 7) is 3.79. The number of aromatic nitrogens is 4. The molecule has 9 nitrogen and oxygen atoms in total. The number of anilines is 1. The number of imidazole rings is 1. The molecule has 0 unspecified atom stereocenters. The van der Waals surface area contributed by atoms with Crippen LogP contribution in [0.25, 0.3) is 10.8 Å². The van der Waals surface area contributed by atoms with Crippen LogP contribution in [-0.4, -0.2) is 62.8 Å². The van der Waals surface area contributed by atoms with Crippen molar-refractivity contribution in [2.45, 2.75) is 0 Å². The van der Waals surface area contributed by atoms with E-state index in [1.807, 2.05) is 0 Å². The number of rotatable bonds is 3. The summed E-state index contributed by atoms with van der Waals surface area (Å²) in [7, 11) is 3.70. The topological polar surface area (TPSA) is 93.2 Å². The minimum atomic E-state index is -0.459. The number of nitro groups is 1. The van der Waals surface area contributed by atoms with Gasteiger partial charge in [-0.2, -0.15) is 0 Å². The Kier molecular flexibility index (Phi) is 3.55. The summed E-state index contributed by atoms with van der Waals surface area (Å²) in [5.41, 5.74) is 0. The average molecular weight is 309 g/mol. The van der Waals surface area contributed by atoms with Gasteiger partial charge >= 0.3 is 5.82 Å². The highest BCUT2D eigenvalue weighted by atomic mass is 32.1. The van der Waals surface area contributed by atoms with Crippen molar-refractivity contribution in [1.29, 1.82) is 0 Å². The summed E-state index contributed by atoms with van der Waals surface area (Å²) < 4.78 is 1.42. The van der Waals surface area contributed by atoms with Gasteiger partial charge in [-0.15, -0.1) is 10.2 Å². The highest BCUT2D eigenvalue weighted by Crippen LogP contribution is 2.29. The third-order valence-corrected chi connectivity index (χ3v) is 4.51. The lowest BCUT2D eigenvalue weighted by molar-refractivity contribution is -0.391. The molecule has 2 aromatic rings. The van der Waals surface area contributed by atoms with Gasteiger partial charge in [-0.1, -0.05) is 11.3 Å². The van der Waals surface area contributed by atoms with Crippen molar-refractivity contribution in [3.8, 4) is 10.8 Å². The second-order valence-electron chi connectivity index (χ2n) is 4.94. The standard InChI is InChI=1S/C11H15N7O2S/c1-15-3-5-17(6-4-15)11-14-13-10(21-11)9-12-7-8(16(9)2)18(19)20/h7H,3-6H2,1-2H3. The molecule has 21 heavy (non-hydrogen) atoms. The van der Waals surface area contributed by atoms with Crippen molar-refractivity contribution in [3.63, 3.8) is 0 Å². The molecule has 0 saturated carbocycles. The molecule has 0 aliphatic carbocycles. The first kappa shape index (κ1) is 13.9. The Bertz CT molecular complexity index is 659. The number of hydrogen-bond donors (Lipinski definition) is 0. The van der Waals surface area contributed by atoms with Crippen LogP contribution in [-0.2, 0) is 7.05 Å². The van der Waals surface area contributed by atoms with Crippen molar-refractivity contribution in [2.75, 3.05) is 38.1 Å². The molecule has 1 saturated heterocycles. The van der Waals surface area contributed by atoms with Gasteiger partial charge in [0, 0.05) is 26.2 Å². The Morgan fingerprint density at radius 3 is 2.57 bits per heavy atom. The number of nitrogens with zero attached hydrogens (tertiary/aromatic N) is 7. The number of piperazine rings is 1. The van der Waals surface area contributed by atoms with E-state index in [4.69, 9.17) is 0 Å². The van der Waals surface area contributed by atoms with Crippen LogP contribution >= 0.6 is 11.3 Å². The average Bonchev–Trinajstić information content (AvgIpc) is 3.06. The Labute approximate surface area is 125 Å². The van der Waals surface area contributed by atoms with E-state index >= 15 is 0 Å². The molecule has 0 amide bonds. The van der Waals surface area contributed by atoms with E-state index in [0.717, 1.165) is 31.3 Å². The lowest BCUT2D eigenvalue weighted by Gasteiger charge is -2.31. The van der Waals surface area contributed by atoms with Crippen molar-refractivity contribution in [2.24, 2.45) is 7.05 Å². The maximum atomic E-state index is 10.8. The molecule has 10 heteroatoms. The molecule has 1 aliphatic rings. The van der Waals surface area contributed by atoms with Gasteiger partial charge in [-0.05, 0) is 12.0 Å². The molecule has 0 bridgehead atoms. The van der Waals surface area contributed by atoms with Crippen LogP contribution in [0.1, 0.15) is 0 Å². The van der Waals surface area contributed by atoms with Gasteiger partial charge in [0.25, 0.3) is 5.82 Å². The number of likely N-dealkylation sites (N-methyl/N-ethyl adjacent to an activating group) is 1. The smallest absolute Gasteiger partial charge is 0.342 e. The Balaban J connectivity index is 1.83. The van der Waals surface area contributed by atoms with E-state index in [9.17, 15) is 10.1 Å². The summed E-state index contributed by atoms with van der Waals surface area (Å²) >= 11 is 1.41. The minimum absolute atomic E-state index is 0.0543. The normalized spacial score (nSPS) is 16.4. The maximum Gasteiger partial charge on any atom is 0.342 e. The van der Waals surface area contributed by atoms with E-state index in [2.05, 4.69) is 32.0 Å². The fourth-order valence-corrected chi connectivity index (χ4v) is 3.13.